The van der Waals surface area contributed by atoms with E-state index in [0.717, 1.165) is 35.4 Å². The third-order valence-corrected chi connectivity index (χ3v) is 4.12. The summed E-state index contributed by atoms with van der Waals surface area (Å²) in [5.41, 5.74) is 5.01. The Kier molecular flexibility index (Phi) is 3.34. The first-order valence-corrected chi connectivity index (χ1v) is 7.77. The smallest absolute Gasteiger partial charge is 0.308 e. The van der Waals surface area contributed by atoms with Gasteiger partial charge < -0.3 is 15.4 Å². The van der Waals surface area contributed by atoms with Crippen LogP contribution in [0.5, 0.6) is 5.75 Å². The molecule has 0 amide bonds. The van der Waals surface area contributed by atoms with Crippen LogP contribution in [-0.4, -0.2) is 27.1 Å². The number of ether oxygens (including phenoxy) is 1. The van der Waals surface area contributed by atoms with Crippen molar-refractivity contribution in [1.29, 1.82) is 0 Å². The molecule has 24 heavy (non-hydrogen) atoms. The minimum atomic E-state index is -0.360. The maximum absolute atomic E-state index is 11.2. The van der Waals surface area contributed by atoms with Gasteiger partial charge in [-0.1, -0.05) is 6.07 Å². The first-order chi connectivity index (χ1) is 11.6. The van der Waals surface area contributed by atoms with Crippen LogP contribution >= 0.6 is 0 Å². The van der Waals surface area contributed by atoms with Crippen molar-refractivity contribution in [2.75, 3.05) is 17.2 Å². The van der Waals surface area contributed by atoms with Crippen LogP contribution in [0.4, 0.5) is 17.2 Å². The molecular formula is C17H17N5O2. The fraction of sp³-hybridized carbons (Fsp3) is 0.235. The van der Waals surface area contributed by atoms with E-state index in [1.54, 1.807) is 10.7 Å². The molecule has 1 aliphatic heterocycles. The van der Waals surface area contributed by atoms with Crippen molar-refractivity contribution < 1.29 is 9.53 Å². The first kappa shape index (κ1) is 14.5. The number of aryl methyl sites for hydroxylation is 1. The standard InChI is InChI=1S/C17H17N5O2/c1-10-15(24-11(2)23)8-22-16(10)17(19-9-20-22)21-13-4-3-12-5-6-18-14(12)7-13/h3-4,7-9,18H,5-6H2,1-2H3,(H,19,20,21). The molecule has 0 saturated heterocycles. The van der Waals surface area contributed by atoms with Crippen molar-refractivity contribution in [2.24, 2.45) is 0 Å². The summed E-state index contributed by atoms with van der Waals surface area (Å²) in [7, 11) is 0. The lowest BCUT2D eigenvalue weighted by atomic mass is 10.1. The van der Waals surface area contributed by atoms with Crippen LogP contribution in [0, 0.1) is 6.92 Å². The molecular weight excluding hydrogens is 306 g/mol. The molecule has 4 rings (SSSR count). The molecule has 3 heterocycles. The average molecular weight is 323 g/mol. The summed E-state index contributed by atoms with van der Waals surface area (Å²) >= 11 is 0. The molecule has 0 bridgehead atoms. The number of fused-ring (bicyclic) bond motifs is 2. The lowest BCUT2D eigenvalue weighted by molar-refractivity contribution is -0.131. The van der Waals surface area contributed by atoms with Crippen LogP contribution in [-0.2, 0) is 11.2 Å². The number of hydrogen-bond acceptors (Lipinski definition) is 6. The fourth-order valence-electron chi connectivity index (χ4n) is 2.99. The Morgan fingerprint density at radius 2 is 2.29 bits per heavy atom. The lowest BCUT2D eigenvalue weighted by Gasteiger charge is -2.09. The number of nitrogens with one attached hydrogen (secondary N) is 2. The Labute approximate surface area is 138 Å². The van der Waals surface area contributed by atoms with Gasteiger partial charge in [0.15, 0.2) is 11.6 Å². The van der Waals surface area contributed by atoms with Gasteiger partial charge in [-0.3, -0.25) is 4.79 Å². The third kappa shape index (κ3) is 2.44. The van der Waals surface area contributed by atoms with Crippen molar-refractivity contribution in [1.82, 2.24) is 14.6 Å². The van der Waals surface area contributed by atoms with Gasteiger partial charge >= 0.3 is 5.97 Å². The van der Waals surface area contributed by atoms with Crippen LogP contribution in [0.15, 0.2) is 30.7 Å². The van der Waals surface area contributed by atoms with Crippen molar-refractivity contribution in [2.45, 2.75) is 20.3 Å². The predicted octanol–water partition coefficient (Wildman–Crippen LogP) is 2.67. The Balaban J connectivity index is 1.74. The number of carbonyl (C=O) groups excluding carboxylic acids is 1. The Hall–Kier alpha value is -3.09. The Morgan fingerprint density at radius 3 is 3.12 bits per heavy atom. The van der Waals surface area contributed by atoms with Crippen LogP contribution < -0.4 is 15.4 Å². The van der Waals surface area contributed by atoms with Crippen LogP contribution in [0.1, 0.15) is 18.1 Å². The molecule has 0 atom stereocenters. The van der Waals surface area contributed by atoms with Crippen molar-refractivity contribution >= 4 is 28.7 Å². The molecule has 1 aromatic carbocycles. The highest BCUT2D eigenvalue weighted by Crippen LogP contribution is 2.31. The maximum atomic E-state index is 11.2. The minimum Gasteiger partial charge on any atom is -0.425 e. The summed E-state index contributed by atoms with van der Waals surface area (Å²) in [6.07, 6.45) is 4.21. The highest BCUT2D eigenvalue weighted by atomic mass is 16.5. The molecule has 0 fully saturated rings. The summed E-state index contributed by atoms with van der Waals surface area (Å²) in [5, 5.41) is 10.9. The number of rotatable bonds is 3. The molecule has 1 aliphatic rings. The SMILES string of the molecule is CC(=O)Oc1cn2ncnc(Nc3ccc4c(c3)NCC4)c2c1C. The summed E-state index contributed by atoms with van der Waals surface area (Å²) in [5.74, 6) is 0.793. The number of carbonyl (C=O) groups is 1. The number of nitrogens with zero attached hydrogens (tertiary/aromatic N) is 3. The molecule has 122 valence electrons. The quantitative estimate of drug-likeness (QED) is 0.721. The van der Waals surface area contributed by atoms with Gasteiger partial charge in [0.2, 0.25) is 0 Å². The van der Waals surface area contributed by atoms with Crippen molar-refractivity contribution in [3.63, 3.8) is 0 Å². The van der Waals surface area contributed by atoms with Gasteiger partial charge in [0.1, 0.15) is 11.8 Å². The number of hydrogen-bond donors (Lipinski definition) is 2. The summed E-state index contributed by atoms with van der Waals surface area (Å²) in [6, 6.07) is 6.23. The number of aromatic nitrogens is 3. The molecule has 0 radical (unpaired) electrons. The molecule has 7 nitrogen and oxygen atoms in total. The number of esters is 1. The van der Waals surface area contributed by atoms with E-state index in [9.17, 15) is 4.79 Å². The second-order valence-corrected chi connectivity index (χ2v) is 5.79. The van der Waals surface area contributed by atoms with E-state index < -0.39 is 0 Å². The summed E-state index contributed by atoms with van der Waals surface area (Å²) in [6.45, 7) is 4.23. The first-order valence-electron chi connectivity index (χ1n) is 7.77. The maximum Gasteiger partial charge on any atom is 0.308 e. The van der Waals surface area contributed by atoms with E-state index in [2.05, 4.69) is 32.8 Å². The van der Waals surface area contributed by atoms with Gasteiger partial charge in [-0.2, -0.15) is 5.10 Å². The lowest BCUT2D eigenvalue weighted by Crippen LogP contribution is -2.01. The van der Waals surface area contributed by atoms with Crippen LogP contribution in [0.2, 0.25) is 0 Å². The third-order valence-electron chi connectivity index (χ3n) is 4.12. The molecule has 2 aromatic heterocycles. The van der Waals surface area contributed by atoms with Gasteiger partial charge in [-0.25, -0.2) is 9.50 Å². The van der Waals surface area contributed by atoms with Gasteiger partial charge in [-0.05, 0) is 31.0 Å². The van der Waals surface area contributed by atoms with Crippen molar-refractivity contribution in [3.8, 4) is 5.75 Å². The zero-order valence-corrected chi connectivity index (χ0v) is 13.5. The van der Waals surface area contributed by atoms with E-state index in [4.69, 9.17) is 4.74 Å². The molecule has 2 N–H and O–H groups in total. The van der Waals surface area contributed by atoms with E-state index in [-0.39, 0.29) is 5.97 Å². The fourth-order valence-corrected chi connectivity index (χ4v) is 2.99. The number of benzene rings is 1. The molecule has 0 aliphatic carbocycles. The second kappa shape index (κ2) is 5.52. The Bertz CT molecular complexity index is 948. The van der Waals surface area contributed by atoms with Gasteiger partial charge in [-0.15, -0.1) is 0 Å². The molecule has 0 saturated carbocycles. The Morgan fingerprint density at radius 1 is 1.42 bits per heavy atom. The zero-order valence-electron chi connectivity index (χ0n) is 13.5. The van der Waals surface area contributed by atoms with Crippen LogP contribution in [0.3, 0.4) is 0 Å². The summed E-state index contributed by atoms with van der Waals surface area (Å²) in [4.78, 5) is 15.6. The average Bonchev–Trinajstić information content (AvgIpc) is 3.12. The monoisotopic (exact) mass is 323 g/mol. The second-order valence-electron chi connectivity index (χ2n) is 5.79. The molecule has 3 aromatic rings. The van der Waals surface area contributed by atoms with E-state index in [1.165, 1.54) is 18.8 Å². The highest BCUT2D eigenvalue weighted by Gasteiger charge is 2.16. The predicted molar refractivity (Wildman–Crippen MR) is 91.0 cm³/mol. The highest BCUT2D eigenvalue weighted by molar-refractivity contribution is 5.81. The van der Waals surface area contributed by atoms with E-state index >= 15 is 0 Å². The largest absolute Gasteiger partial charge is 0.425 e. The van der Waals surface area contributed by atoms with Gasteiger partial charge in [0, 0.05) is 30.4 Å². The molecule has 7 heteroatoms. The normalized spacial score (nSPS) is 12.8. The van der Waals surface area contributed by atoms with Crippen molar-refractivity contribution in [3.05, 3.63) is 41.9 Å². The zero-order chi connectivity index (χ0) is 16.7. The summed E-state index contributed by atoms with van der Waals surface area (Å²) < 4.78 is 6.89. The number of anilines is 3. The van der Waals surface area contributed by atoms with Gasteiger partial charge in [0.25, 0.3) is 0 Å². The minimum absolute atomic E-state index is 0.360. The molecule has 0 unspecified atom stereocenters. The van der Waals surface area contributed by atoms with Crippen LogP contribution in [0.25, 0.3) is 5.52 Å². The van der Waals surface area contributed by atoms with Gasteiger partial charge in [0.05, 0.1) is 6.20 Å². The topological polar surface area (TPSA) is 80.5 Å². The van der Waals surface area contributed by atoms with E-state index in [1.807, 2.05) is 13.0 Å². The van der Waals surface area contributed by atoms with E-state index in [0.29, 0.717) is 11.6 Å². The molecule has 0 spiro atoms.